The molecule has 3 aromatic carbocycles. The minimum absolute atomic E-state index is 0. The second-order valence-electron chi connectivity index (χ2n) is 10.2. The van der Waals surface area contributed by atoms with Gasteiger partial charge in [-0.2, -0.15) is 5.10 Å². The third-order valence-corrected chi connectivity index (χ3v) is 6.26. The van der Waals surface area contributed by atoms with Gasteiger partial charge in [0.05, 0.1) is 30.6 Å². The van der Waals surface area contributed by atoms with E-state index in [9.17, 15) is 9.18 Å². The Morgan fingerprint density at radius 1 is 1.05 bits per heavy atom. The normalized spacial score (nSPS) is 12.9. The fourth-order valence-electron chi connectivity index (χ4n) is 4.22. The van der Waals surface area contributed by atoms with Gasteiger partial charge >= 0.3 is 0 Å². The van der Waals surface area contributed by atoms with Gasteiger partial charge in [-0.1, -0.05) is 53.7 Å². The summed E-state index contributed by atoms with van der Waals surface area (Å²) in [6, 6.07) is 19.5. The molecule has 38 heavy (non-hydrogen) atoms. The number of methoxy groups -OCH3 is 1. The van der Waals surface area contributed by atoms with E-state index in [0.29, 0.717) is 5.75 Å². The van der Waals surface area contributed by atoms with Crippen molar-refractivity contribution in [1.82, 2.24) is 15.1 Å². The van der Waals surface area contributed by atoms with Gasteiger partial charge in [-0.15, -0.1) is 0 Å². The Labute approximate surface area is 224 Å². The van der Waals surface area contributed by atoms with Crippen LogP contribution in [0, 0.1) is 11.2 Å². The fourth-order valence-corrected chi connectivity index (χ4v) is 4.22. The summed E-state index contributed by atoms with van der Waals surface area (Å²) in [5.41, 5.74) is 2.03. The fraction of sp³-hybridized carbons (Fsp3) is 0.355. The van der Waals surface area contributed by atoms with Crippen LogP contribution in [0.4, 0.5) is 4.39 Å². The van der Waals surface area contributed by atoms with Gasteiger partial charge in [0.25, 0.3) is 0 Å². The van der Waals surface area contributed by atoms with Gasteiger partial charge in [-0.05, 0) is 66.6 Å². The Bertz CT molecular complexity index is 1360. The van der Waals surface area contributed by atoms with Crippen molar-refractivity contribution in [3.8, 4) is 17.2 Å². The maximum absolute atomic E-state index is 13.4. The molecule has 0 radical (unpaired) electrons. The highest BCUT2D eigenvalue weighted by Crippen LogP contribution is 2.32. The van der Waals surface area contributed by atoms with Gasteiger partial charge in [-0.25, -0.2) is 9.07 Å². The molecule has 6 nitrogen and oxygen atoms in total. The second-order valence-corrected chi connectivity index (χ2v) is 10.2. The zero-order valence-corrected chi connectivity index (χ0v) is 22.0. The van der Waals surface area contributed by atoms with Crippen molar-refractivity contribution in [2.45, 2.75) is 60.1 Å². The SMILES string of the molecule is C.CCC[C@H](NC(=O)C(C)(C)C)[C@H](Oc1ccc2c(cnn2-c2ccc(F)cc2)c1)c1cccc(OC)c1. The van der Waals surface area contributed by atoms with Crippen LogP contribution in [-0.4, -0.2) is 28.8 Å². The van der Waals surface area contributed by atoms with Crippen molar-refractivity contribution in [3.63, 3.8) is 0 Å². The number of nitrogens with one attached hydrogen (secondary N) is 1. The summed E-state index contributed by atoms with van der Waals surface area (Å²) in [5, 5.41) is 8.61. The van der Waals surface area contributed by atoms with Crippen molar-refractivity contribution in [2.24, 2.45) is 5.41 Å². The first-order chi connectivity index (χ1) is 17.7. The predicted octanol–water partition coefficient (Wildman–Crippen LogP) is 7.26. The van der Waals surface area contributed by atoms with Crippen molar-refractivity contribution in [3.05, 3.63) is 84.3 Å². The Morgan fingerprint density at radius 3 is 2.45 bits per heavy atom. The van der Waals surface area contributed by atoms with Crippen LogP contribution in [0.3, 0.4) is 0 Å². The van der Waals surface area contributed by atoms with Crippen molar-refractivity contribution < 1.29 is 18.7 Å². The summed E-state index contributed by atoms with van der Waals surface area (Å²) in [6.07, 6.45) is 2.94. The number of aromatic nitrogens is 2. The molecule has 0 saturated heterocycles. The number of halogens is 1. The lowest BCUT2D eigenvalue weighted by Gasteiger charge is -2.31. The maximum atomic E-state index is 13.4. The molecule has 2 atom stereocenters. The highest BCUT2D eigenvalue weighted by molar-refractivity contribution is 5.82. The average molecular weight is 520 g/mol. The summed E-state index contributed by atoms with van der Waals surface area (Å²) < 4.78 is 27.2. The number of benzene rings is 3. The number of hydrogen-bond donors (Lipinski definition) is 1. The first kappa shape index (κ1) is 28.7. The number of amides is 1. The Kier molecular flexibility index (Phi) is 9.15. The van der Waals surface area contributed by atoms with Gasteiger partial charge < -0.3 is 14.8 Å². The maximum Gasteiger partial charge on any atom is 0.225 e. The van der Waals surface area contributed by atoms with Crippen LogP contribution >= 0.6 is 0 Å². The van der Waals surface area contributed by atoms with Crippen LogP contribution in [0.2, 0.25) is 0 Å². The quantitative estimate of drug-likeness (QED) is 0.253. The highest BCUT2D eigenvalue weighted by atomic mass is 19.1. The third kappa shape index (κ3) is 6.52. The summed E-state index contributed by atoms with van der Waals surface area (Å²) in [6.45, 7) is 7.80. The van der Waals surface area contributed by atoms with E-state index in [1.807, 2.05) is 63.2 Å². The van der Waals surface area contributed by atoms with Crippen molar-refractivity contribution in [1.29, 1.82) is 0 Å². The van der Waals surface area contributed by atoms with Crippen molar-refractivity contribution in [2.75, 3.05) is 7.11 Å². The molecule has 1 heterocycles. The monoisotopic (exact) mass is 519 g/mol. The van der Waals surface area contributed by atoms with Gasteiger partial charge in [0.2, 0.25) is 5.91 Å². The van der Waals surface area contributed by atoms with Gasteiger partial charge in [0.15, 0.2) is 0 Å². The van der Waals surface area contributed by atoms with Gasteiger partial charge in [0, 0.05) is 10.8 Å². The minimum Gasteiger partial charge on any atom is -0.497 e. The summed E-state index contributed by atoms with van der Waals surface area (Å²) in [4.78, 5) is 13.0. The van der Waals surface area contributed by atoms with Crippen LogP contribution in [0.25, 0.3) is 16.6 Å². The number of carbonyl (C=O) groups excluding carboxylic acids is 1. The summed E-state index contributed by atoms with van der Waals surface area (Å²) >= 11 is 0. The molecule has 1 amide bonds. The zero-order valence-electron chi connectivity index (χ0n) is 22.0. The standard InChI is InChI=1S/C30H34FN3O3.CH4/c1-6-8-26(33-29(35)30(2,3)4)28(20-9-7-10-24(17-20)36-5)37-25-15-16-27-21(18-25)19-32-34(27)23-13-11-22(31)12-14-23;/h7,9-19,26,28H,6,8H2,1-5H3,(H,33,35);1H4/t26-,28+;/m0./s1. The minimum atomic E-state index is -0.529. The number of rotatable bonds is 9. The van der Waals surface area contributed by atoms with E-state index in [1.165, 1.54) is 12.1 Å². The summed E-state index contributed by atoms with van der Waals surface area (Å²) in [5.74, 6) is 1.06. The zero-order chi connectivity index (χ0) is 26.6. The van der Waals surface area contributed by atoms with Crippen LogP contribution in [0.1, 0.15) is 59.6 Å². The molecule has 0 aliphatic rings. The molecular formula is C31H38FN3O3. The number of hydrogen-bond acceptors (Lipinski definition) is 4. The Hall–Kier alpha value is -3.87. The molecule has 0 spiro atoms. The second kappa shape index (κ2) is 12.1. The topological polar surface area (TPSA) is 65.4 Å². The molecule has 1 aromatic heterocycles. The number of ether oxygens (including phenoxy) is 2. The molecule has 0 bridgehead atoms. The number of fused-ring (bicyclic) bond motifs is 1. The lowest BCUT2D eigenvalue weighted by Crippen LogP contribution is -2.45. The predicted molar refractivity (Wildman–Crippen MR) is 150 cm³/mol. The molecule has 1 N–H and O–H groups in total. The molecule has 0 aliphatic carbocycles. The Balaban J connectivity index is 0.00000400. The number of carbonyl (C=O) groups is 1. The molecule has 7 heteroatoms. The van der Waals surface area contributed by atoms with E-state index >= 15 is 0 Å². The Morgan fingerprint density at radius 2 is 1.79 bits per heavy atom. The molecule has 0 aliphatic heterocycles. The van der Waals surface area contributed by atoms with E-state index in [2.05, 4.69) is 17.3 Å². The molecule has 0 saturated carbocycles. The third-order valence-electron chi connectivity index (χ3n) is 6.26. The number of nitrogens with zero attached hydrogens (tertiary/aromatic N) is 2. The largest absolute Gasteiger partial charge is 0.497 e. The molecule has 0 fully saturated rings. The van der Waals surface area contributed by atoms with E-state index in [4.69, 9.17) is 9.47 Å². The van der Waals surface area contributed by atoms with Crippen LogP contribution in [0.5, 0.6) is 11.5 Å². The van der Waals surface area contributed by atoms with E-state index in [1.54, 1.807) is 30.1 Å². The van der Waals surface area contributed by atoms with E-state index in [0.717, 1.165) is 40.7 Å². The highest BCUT2D eigenvalue weighted by Gasteiger charge is 2.31. The van der Waals surface area contributed by atoms with E-state index < -0.39 is 11.5 Å². The lowest BCUT2D eigenvalue weighted by atomic mass is 9.92. The first-order valence-corrected chi connectivity index (χ1v) is 12.5. The molecule has 4 aromatic rings. The van der Waals surface area contributed by atoms with Gasteiger partial charge in [-0.3, -0.25) is 4.79 Å². The molecule has 202 valence electrons. The van der Waals surface area contributed by atoms with Crippen LogP contribution in [-0.2, 0) is 4.79 Å². The first-order valence-electron chi connectivity index (χ1n) is 12.5. The summed E-state index contributed by atoms with van der Waals surface area (Å²) in [7, 11) is 1.63. The molecule has 0 unspecified atom stereocenters. The lowest BCUT2D eigenvalue weighted by molar-refractivity contribution is -0.130. The molecular weight excluding hydrogens is 481 g/mol. The van der Waals surface area contributed by atoms with E-state index in [-0.39, 0.29) is 25.2 Å². The van der Waals surface area contributed by atoms with Crippen molar-refractivity contribution >= 4 is 16.8 Å². The van der Waals surface area contributed by atoms with Crippen LogP contribution in [0.15, 0.2) is 72.9 Å². The molecule has 4 rings (SSSR count). The smallest absolute Gasteiger partial charge is 0.225 e. The van der Waals surface area contributed by atoms with Gasteiger partial charge in [0.1, 0.15) is 23.4 Å². The average Bonchev–Trinajstić information content (AvgIpc) is 3.30. The van der Waals surface area contributed by atoms with Crippen LogP contribution < -0.4 is 14.8 Å².